The Bertz CT molecular complexity index is 1170. The van der Waals surface area contributed by atoms with Crippen LogP contribution in [0.15, 0.2) is 0 Å². The molecule has 0 saturated carbocycles. The van der Waals surface area contributed by atoms with Gasteiger partial charge < -0.3 is 28.4 Å². The molecule has 1 aliphatic heterocycles. The third-order valence-electron chi connectivity index (χ3n) is 5.21. The molecular weight excluding hydrogens is 660 g/mol. The van der Waals surface area contributed by atoms with E-state index in [1.54, 1.807) is 0 Å². The minimum atomic E-state index is -7.10. The van der Waals surface area contributed by atoms with Crippen molar-refractivity contribution >= 4 is 34.0 Å². The number of rotatable bonds is 15. The van der Waals surface area contributed by atoms with Crippen LogP contribution in [0.1, 0.15) is 40.5 Å². The zero-order chi connectivity index (χ0) is 34.5. The Kier molecular flexibility index (Phi) is 12.9. The Morgan fingerprint density at radius 3 is 1.68 bits per heavy atom. The first kappa shape index (κ1) is 39.1. The Balaban J connectivity index is 3.18. The fourth-order valence-electron chi connectivity index (χ4n) is 3.41. The molecule has 23 heteroatoms. The summed E-state index contributed by atoms with van der Waals surface area (Å²) in [7, 11) is -7.10. The number of halogens is 8. The molecule has 1 saturated heterocycles. The van der Waals surface area contributed by atoms with Gasteiger partial charge in [0.25, 0.3) is 0 Å². The number of hydrogen-bond acceptors (Lipinski definition) is 13. The lowest BCUT2D eigenvalue weighted by Gasteiger charge is -2.44. The van der Waals surface area contributed by atoms with Gasteiger partial charge in [0.1, 0.15) is 12.7 Å². The standard InChI is InChI=1S/C21H26F8O14S/c1-9(30)38-8-13-14(39-10(2)31)15(40-11(3)32)16(41-12(4)33)17(42-13)37-7-5-6-18(22,23)19(24,25)43-20(26,27)21(28,29)44(34,35)36/h13-17H,5-8H2,1-4H3,(H,34,35,36)/t13?,14-,15-,16?,17-/m1/s1. The van der Waals surface area contributed by atoms with Crippen molar-refractivity contribution in [3.05, 3.63) is 0 Å². The largest absolute Gasteiger partial charge is 0.463 e. The predicted molar refractivity (Wildman–Crippen MR) is 120 cm³/mol. The van der Waals surface area contributed by atoms with E-state index < -0.39 is 114 Å². The van der Waals surface area contributed by atoms with Crippen LogP contribution >= 0.6 is 0 Å². The fraction of sp³-hybridized carbons (Fsp3) is 0.810. The molecule has 1 fully saturated rings. The molecule has 1 N–H and O–H groups in total. The van der Waals surface area contributed by atoms with E-state index in [1.807, 2.05) is 0 Å². The van der Waals surface area contributed by atoms with Crippen LogP contribution in [0.25, 0.3) is 0 Å². The molecule has 0 aromatic rings. The van der Waals surface area contributed by atoms with Crippen LogP contribution < -0.4 is 0 Å². The Hall–Kier alpha value is -2.89. The monoisotopic (exact) mass is 686 g/mol. The average Bonchev–Trinajstić information content (AvgIpc) is 2.81. The van der Waals surface area contributed by atoms with Gasteiger partial charge in [0.05, 0.1) is 6.61 Å². The summed E-state index contributed by atoms with van der Waals surface area (Å²) in [5.41, 5.74) is 0. The molecule has 1 aliphatic rings. The first-order chi connectivity index (χ1) is 19.8. The Morgan fingerprint density at radius 1 is 0.750 bits per heavy atom. The average molecular weight is 686 g/mol. The second-order valence-corrected chi connectivity index (χ2v) is 10.3. The van der Waals surface area contributed by atoms with Gasteiger partial charge >= 0.3 is 57.4 Å². The zero-order valence-corrected chi connectivity index (χ0v) is 23.7. The van der Waals surface area contributed by atoms with Crippen molar-refractivity contribution < 1.29 is 100 Å². The minimum absolute atomic E-state index is 0.721. The number of hydrogen-bond donors (Lipinski definition) is 1. The maximum Gasteiger partial charge on any atom is 0.460 e. The molecule has 0 aliphatic carbocycles. The normalized spacial score (nSPS) is 23.4. The third kappa shape index (κ3) is 10.1. The highest BCUT2D eigenvalue weighted by Crippen LogP contribution is 2.48. The summed E-state index contributed by atoms with van der Waals surface area (Å²) in [6, 6.07) is 0. The molecule has 44 heavy (non-hydrogen) atoms. The van der Waals surface area contributed by atoms with Crippen LogP contribution in [-0.4, -0.2) is 104 Å². The molecular formula is C21H26F8O14S. The van der Waals surface area contributed by atoms with Gasteiger partial charge in [-0.15, -0.1) is 0 Å². The lowest BCUT2D eigenvalue weighted by atomic mass is 9.98. The summed E-state index contributed by atoms with van der Waals surface area (Å²) in [6.45, 7) is 1.79. The van der Waals surface area contributed by atoms with Gasteiger partial charge in [-0.2, -0.15) is 43.5 Å². The number of alkyl halides is 8. The smallest absolute Gasteiger partial charge is 0.460 e. The highest BCUT2D eigenvalue weighted by molar-refractivity contribution is 7.86. The summed E-state index contributed by atoms with van der Waals surface area (Å²) >= 11 is 0. The number of ether oxygens (including phenoxy) is 7. The second-order valence-electron chi connectivity index (χ2n) is 8.87. The first-order valence-electron chi connectivity index (χ1n) is 11.9. The molecule has 0 aromatic carbocycles. The summed E-state index contributed by atoms with van der Waals surface area (Å²) in [5.74, 6) is -9.71. The van der Waals surface area contributed by atoms with Crippen LogP contribution in [0.3, 0.4) is 0 Å². The van der Waals surface area contributed by atoms with Gasteiger partial charge in [-0.1, -0.05) is 0 Å². The van der Waals surface area contributed by atoms with E-state index in [-0.39, 0.29) is 0 Å². The summed E-state index contributed by atoms with van der Waals surface area (Å²) in [5, 5.41) is -6.75. The molecule has 0 amide bonds. The highest BCUT2D eigenvalue weighted by Gasteiger charge is 2.73. The lowest BCUT2D eigenvalue weighted by Crippen LogP contribution is -2.63. The second kappa shape index (κ2) is 14.5. The maximum atomic E-state index is 14.1. The Labute approximate surface area is 242 Å². The van der Waals surface area contributed by atoms with Gasteiger partial charge in [-0.25, -0.2) is 4.74 Å². The first-order valence-corrected chi connectivity index (χ1v) is 13.3. The van der Waals surface area contributed by atoms with Crippen molar-refractivity contribution in [2.75, 3.05) is 13.2 Å². The number of carbonyl (C=O) groups excluding carboxylic acids is 4. The molecule has 1 heterocycles. The quantitative estimate of drug-likeness (QED) is 0.0868. The van der Waals surface area contributed by atoms with Gasteiger partial charge in [0.15, 0.2) is 24.6 Å². The van der Waals surface area contributed by atoms with Crippen molar-refractivity contribution in [2.45, 2.75) is 94.6 Å². The van der Waals surface area contributed by atoms with Crippen LogP contribution in [0.2, 0.25) is 0 Å². The van der Waals surface area contributed by atoms with Gasteiger partial charge in [0, 0.05) is 34.1 Å². The van der Waals surface area contributed by atoms with E-state index in [2.05, 4.69) is 4.74 Å². The summed E-state index contributed by atoms with van der Waals surface area (Å²) in [6.07, 6.45) is -25.4. The molecule has 0 aromatic heterocycles. The van der Waals surface area contributed by atoms with Crippen molar-refractivity contribution in [3.8, 4) is 0 Å². The van der Waals surface area contributed by atoms with Crippen LogP contribution in [0.5, 0.6) is 0 Å². The molecule has 0 spiro atoms. The molecule has 256 valence electrons. The Morgan fingerprint density at radius 2 is 1.23 bits per heavy atom. The molecule has 2 unspecified atom stereocenters. The number of carbonyl (C=O) groups is 4. The predicted octanol–water partition coefficient (Wildman–Crippen LogP) is 2.18. The van der Waals surface area contributed by atoms with Crippen molar-refractivity contribution in [1.29, 1.82) is 0 Å². The molecule has 0 radical (unpaired) electrons. The highest BCUT2D eigenvalue weighted by atomic mass is 32.2. The SMILES string of the molecule is CC(=O)OCC1O[C@@H](OCCCC(F)(F)C(F)(F)OC(F)(F)C(F)(F)S(=O)(=O)O)C(OC(C)=O)[C@H](OC(C)=O)[C@@H]1OC(C)=O. The molecule has 0 bridgehead atoms. The van der Waals surface area contributed by atoms with Crippen LogP contribution in [0.4, 0.5) is 35.1 Å². The summed E-state index contributed by atoms with van der Waals surface area (Å²) < 4.78 is 170. The van der Waals surface area contributed by atoms with Crippen molar-refractivity contribution in [3.63, 3.8) is 0 Å². The van der Waals surface area contributed by atoms with Crippen molar-refractivity contribution in [1.82, 2.24) is 0 Å². The summed E-state index contributed by atoms with van der Waals surface area (Å²) in [4.78, 5) is 46.4. The van der Waals surface area contributed by atoms with Crippen LogP contribution in [0, 0.1) is 0 Å². The molecule has 5 atom stereocenters. The van der Waals surface area contributed by atoms with Gasteiger partial charge in [-0.05, 0) is 6.42 Å². The van der Waals surface area contributed by atoms with E-state index in [9.17, 15) is 62.7 Å². The minimum Gasteiger partial charge on any atom is -0.463 e. The fourth-order valence-corrected chi connectivity index (χ4v) is 3.75. The van der Waals surface area contributed by atoms with Gasteiger partial charge in [0.2, 0.25) is 0 Å². The van der Waals surface area contributed by atoms with Gasteiger partial charge in [-0.3, -0.25) is 23.7 Å². The maximum absolute atomic E-state index is 14.1. The van der Waals surface area contributed by atoms with E-state index in [1.165, 1.54) is 0 Å². The van der Waals surface area contributed by atoms with Crippen LogP contribution in [-0.2, 0) is 62.5 Å². The zero-order valence-electron chi connectivity index (χ0n) is 22.9. The van der Waals surface area contributed by atoms with E-state index in [0.717, 1.165) is 27.7 Å². The van der Waals surface area contributed by atoms with E-state index >= 15 is 0 Å². The molecule has 14 nitrogen and oxygen atoms in total. The molecule has 1 rings (SSSR count). The lowest BCUT2D eigenvalue weighted by molar-refractivity contribution is -0.456. The topological polar surface area (TPSA) is 187 Å². The van der Waals surface area contributed by atoms with E-state index in [0.29, 0.717) is 0 Å². The van der Waals surface area contributed by atoms with E-state index in [4.69, 9.17) is 33.0 Å². The van der Waals surface area contributed by atoms with Crippen molar-refractivity contribution in [2.24, 2.45) is 0 Å². The third-order valence-corrected chi connectivity index (χ3v) is 6.10. The number of esters is 4.